The van der Waals surface area contributed by atoms with Gasteiger partial charge in [-0.05, 0) is 30.3 Å². The first-order chi connectivity index (χ1) is 9.50. The van der Waals surface area contributed by atoms with E-state index in [0.29, 0.717) is 0 Å². The van der Waals surface area contributed by atoms with Gasteiger partial charge in [0.15, 0.2) is 5.75 Å². The zero-order valence-electron chi connectivity index (χ0n) is 10.0. The topological polar surface area (TPSA) is 38.7 Å². The van der Waals surface area contributed by atoms with Crippen LogP contribution >= 0.6 is 0 Å². The predicted molar refractivity (Wildman–Crippen MR) is 65.7 cm³/mol. The van der Waals surface area contributed by atoms with Crippen molar-refractivity contribution in [1.29, 1.82) is 0 Å². The van der Waals surface area contributed by atoms with E-state index in [4.69, 9.17) is 4.74 Å². The summed E-state index contributed by atoms with van der Waals surface area (Å²) in [6, 6.07) is 10.7. The maximum absolute atomic E-state index is 12.6. The molecule has 0 spiro atoms. The molecule has 0 N–H and O–H groups in total. The van der Waals surface area contributed by atoms with Gasteiger partial charge in [0.25, 0.3) is 0 Å². The molecule has 0 atom stereocenters. The van der Waals surface area contributed by atoms with Crippen molar-refractivity contribution >= 4 is 11.8 Å². The monoisotopic (exact) mass is 279 g/mol. The van der Waals surface area contributed by atoms with Crippen molar-refractivity contribution in [3.63, 3.8) is 0 Å². The Bertz CT molecular complexity index is 661. The number of rotatable bonds is 3. The highest BCUT2D eigenvalue weighted by molar-refractivity contribution is 5.58. The maximum atomic E-state index is 12.6. The number of hydrogen-bond acceptors (Lipinski definition) is 3. The average Bonchev–Trinajstić information content (AvgIpc) is 2.41. The van der Waals surface area contributed by atoms with Gasteiger partial charge in [-0.25, -0.2) is 4.79 Å². The molecule has 0 fully saturated rings. The fourth-order valence-corrected chi connectivity index (χ4v) is 1.55. The lowest BCUT2D eigenvalue weighted by Crippen LogP contribution is -2.04. The Labute approximate surface area is 112 Å². The number of ether oxygens (including phenoxy) is 1. The van der Waals surface area contributed by atoms with E-state index in [1.165, 1.54) is 30.3 Å². The van der Waals surface area contributed by atoms with Crippen LogP contribution in [0.1, 0.15) is 5.56 Å². The Morgan fingerprint density at radius 2 is 1.80 bits per heavy atom. The van der Waals surface area contributed by atoms with E-state index < -0.39 is 11.7 Å². The molecule has 2 aromatic carbocycles. The number of para-hydroxylation sites is 2. The third-order valence-electron chi connectivity index (χ3n) is 2.42. The van der Waals surface area contributed by atoms with E-state index in [-0.39, 0.29) is 17.2 Å². The Balaban J connectivity index is 2.33. The van der Waals surface area contributed by atoms with E-state index >= 15 is 0 Å². The van der Waals surface area contributed by atoms with Crippen LogP contribution in [0.15, 0.2) is 53.5 Å². The number of benzene rings is 2. The fourth-order valence-electron chi connectivity index (χ4n) is 1.55. The Morgan fingerprint density at radius 1 is 1.05 bits per heavy atom. The van der Waals surface area contributed by atoms with Gasteiger partial charge in [0.05, 0.1) is 5.56 Å². The molecule has 0 radical (unpaired) electrons. The Morgan fingerprint density at radius 3 is 2.50 bits per heavy atom. The summed E-state index contributed by atoms with van der Waals surface area (Å²) < 4.78 is 43.1. The number of carbonyl (C=O) groups excluding carboxylic acids is 1. The van der Waals surface area contributed by atoms with E-state index in [0.717, 1.165) is 12.1 Å². The number of hydrogen-bond donors (Lipinski definition) is 0. The summed E-state index contributed by atoms with van der Waals surface area (Å²) in [6.07, 6.45) is -3.08. The number of nitrogens with zero attached hydrogens (tertiary/aromatic N) is 1. The second kappa shape index (κ2) is 5.59. The molecule has 102 valence electrons. The number of alkyl halides is 3. The zero-order valence-corrected chi connectivity index (χ0v) is 10.0. The van der Waals surface area contributed by atoms with Crippen molar-refractivity contribution in [3.8, 4) is 11.5 Å². The van der Waals surface area contributed by atoms with Crippen molar-refractivity contribution < 1.29 is 22.7 Å². The minimum absolute atomic E-state index is 0.00775. The van der Waals surface area contributed by atoms with Crippen LogP contribution in [0.25, 0.3) is 0 Å². The van der Waals surface area contributed by atoms with Gasteiger partial charge in [-0.3, -0.25) is 0 Å². The van der Waals surface area contributed by atoms with Gasteiger partial charge in [0.2, 0.25) is 6.08 Å². The predicted octanol–water partition coefficient (Wildman–Crippen LogP) is 4.47. The fraction of sp³-hybridized carbons (Fsp3) is 0.0714. The zero-order chi connectivity index (χ0) is 14.6. The van der Waals surface area contributed by atoms with Gasteiger partial charge in [-0.15, -0.1) is 0 Å². The normalized spacial score (nSPS) is 10.8. The molecule has 0 aromatic heterocycles. The molecule has 2 aromatic rings. The summed E-state index contributed by atoms with van der Waals surface area (Å²) >= 11 is 0. The highest BCUT2D eigenvalue weighted by atomic mass is 19.4. The van der Waals surface area contributed by atoms with Gasteiger partial charge in [0.1, 0.15) is 11.4 Å². The summed E-state index contributed by atoms with van der Waals surface area (Å²) in [5.41, 5.74) is -0.619. The summed E-state index contributed by atoms with van der Waals surface area (Å²) in [7, 11) is 0. The van der Waals surface area contributed by atoms with Crippen LogP contribution in [0.3, 0.4) is 0 Å². The summed E-state index contributed by atoms with van der Waals surface area (Å²) in [5, 5.41) is 0. The first kappa shape index (κ1) is 13.8. The smallest absolute Gasteiger partial charge is 0.416 e. The third-order valence-corrected chi connectivity index (χ3v) is 2.42. The lowest BCUT2D eigenvalue weighted by Gasteiger charge is -2.10. The molecule has 0 unspecified atom stereocenters. The summed E-state index contributed by atoms with van der Waals surface area (Å²) in [4.78, 5) is 13.7. The molecule has 0 saturated heterocycles. The van der Waals surface area contributed by atoms with Gasteiger partial charge >= 0.3 is 6.18 Å². The van der Waals surface area contributed by atoms with Crippen LogP contribution in [0.5, 0.6) is 11.5 Å². The molecule has 20 heavy (non-hydrogen) atoms. The molecule has 0 aliphatic carbocycles. The number of isocyanates is 1. The minimum Gasteiger partial charge on any atom is -0.455 e. The van der Waals surface area contributed by atoms with Crippen LogP contribution in [-0.4, -0.2) is 6.08 Å². The van der Waals surface area contributed by atoms with Crippen molar-refractivity contribution in [3.05, 3.63) is 54.1 Å². The van der Waals surface area contributed by atoms with Crippen molar-refractivity contribution in [2.75, 3.05) is 0 Å². The summed E-state index contributed by atoms with van der Waals surface area (Å²) in [5.74, 6) is 0.184. The minimum atomic E-state index is -4.44. The van der Waals surface area contributed by atoms with Gasteiger partial charge < -0.3 is 4.74 Å². The second-order valence-electron chi connectivity index (χ2n) is 3.80. The quantitative estimate of drug-likeness (QED) is 0.614. The van der Waals surface area contributed by atoms with Crippen molar-refractivity contribution in [1.82, 2.24) is 0 Å². The van der Waals surface area contributed by atoms with E-state index in [2.05, 4.69) is 4.99 Å². The third kappa shape index (κ3) is 3.24. The van der Waals surface area contributed by atoms with Crippen molar-refractivity contribution in [2.45, 2.75) is 6.18 Å². The molecule has 2 rings (SSSR count). The Hall–Kier alpha value is -2.59. The molecule has 6 heteroatoms. The van der Waals surface area contributed by atoms with Crippen LogP contribution in [-0.2, 0) is 11.0 Å². The van der Waals surface area contributed by atoms with Crippen LogP contribution < -0.4 is 4.74 Å². The summed E-state index contributed by atoms with van der Waals surface area (Å²) in [6.45, 7) is 0. The molecule has 0 bridgehead atoms. The van der Waals surface area contributed by atoms with Crippen LogP contribution in [0, 0.1) is 0 Å². The Kier molecular flexibility index (Phi) is 3.86. The molecular formula is C14H8F3NO2. The SMILES string of the molecule is O=C=Nc1ccccc1Oc1cccc(C(F)(F)F)c1. The molecule has 0 aliphatic heterocycles. The molecule has 0 aliphatic rings. The number of aliphatic imine (C=N–C) groups is 1. The molecular weight excluding hydrogens is 271 g/mol. The van der Waals surface area contributed by atoms with Gasteiger partial charge in [-0.2, -0.15) is 18.2 Å². The maximum Gasteiger partial charge on any atom is 0.416 e. The van der Waals surface area contributed by atoms with Crippen molar-refractivity contribution in [2.24, 2.45) is 4.99 Å². The number of halogens is 3. The lowest BCUT2D eigenvalue weighted by molar-refractivity contribution is -0.137. The molecule has 0 heterocycles. The average molecular weight is 279 g/mol. The van der Waals surface area contributed by atoms with Gasteiger partial charge in [-0.1, -0.05) is 18.2 Å². The lowest BCUT2D eigenvalue weighted by atomic mass is 10.2. The van der Waals surface area contributed by atoms with Gasteiger partial charge in [0, 0.05) is 0 Å². The van der Waals surface area contributed by atoms with Crippen LogP contribution in [0.2, 0.25) is 0 Å². The first-order valence-electron chi connectivity index (χ1n) is 5.53. The van der Waals surface area contributed by atoms with Crippen LogP contribution in [0.4, 0.5) is 18.9 Å². The highest BCUT2D eigenvalue weighted by Crippen LogP contribution is 2.35. The highest BCUT2D eigenvalue weighted by Gasteiger charge is 2.30. The molecule has 0 saturated carbocycles. The molecule has 3 nitrogen and oxygen atoms in total. The van der Waals surface area contributed by atoms with E-state index in [1.54, 1.807) is 12.1 Å². The standard InChI is InChI=1S/C14H8F3NO2/c15-14(16,17)10-4-3-5-11(8-10)20-13-7-2-1-6-12(13)18-9-19/h1-8H. The molecule has 0 amide bonds. The second-order valence-corrected chi connectivity index (χ2v) is 3.80. The first-order valence-corrected chi connectivity index (χ1v) is 5.53. The van der Waals surface area contributed by atoms with E-state index in [1.807, 2.05) is 0 Å². The van der Waals surface area contributed by atoms with E-state index in [9.17, 15) is 18.0 Å². The largest absolute Gasteiger partial charge is 0.455 e.